The number of pyridine rings is 1. The fraction of sp³-hybridized carbons (Fsp3) is 0.462. The number of carboxylic acid groups (broad SMARTS) is 1. The number of amides is 1. The van der Waals surface area contributed by atoms with Crippen LogP contribution in [-0.2, 0) is 21.9 Å². The average molecular weight is 328 g/mol. The number of nitrogens with zero attached hydrogens (tertiary/aromatic N) is 2. The molecule has 0 radical (unpaired) electrons. The van der Waals surface area contributed by atoms with Crippen LogP contribution in [-0.4, -0.2) is 35.2 Å². The maximum absolute atomic E-state index is 12.7. The quantitative estimate of drug-likeness (QED) is 0.793. The minimum atomic E-state index is -4.26. The topological polar surface area (TPSA) is 114 Å². The number of anilines is 1. The molecule has 1 saturated carbocycles. The molecule has 1 heterocycles. The van der Waals surface area contributed by atoms with Crippen molar-refractivity contribution in [3.05, 3.63) is 28.2 Å². The highest BCUT2D eigenvalue weighted by Crippen LogP contribution is 2.48. The van der Waals surface area contributed by atoms with Gasteiger partial charge in [-0.15, -0.1) is 0 Å². The van der Waals surface area contributed by atoms with Gasteiger partial charge in [0.1, 0.15) is 6.29 Å². The minimum Gasteiger partial charge on any atom is -0.464 e. The average Bonchev–Trinajstić information content (AvgIpc) is 3.17. The summed E-state index contributed by atoms with van der Waals surface area (Å²) in [5.41, 5.74) is -0.258. The molecule has 1 aliphatic carbocycles. The number of rotatable bonds is 5. The van der Waals surface area contributed by atoms with Crippen LogP contribution in [0, 0.1) is 6.92 Å². The third-order valence-corrected chi connectivity index (χ3v) is 6.32. The van der Waals surface area contributed by atoms with Crippen LogP contribution in [0.15, 0.2) is 17.1 Å². The van der Waals surface area contributed by atoms with Crippen molar-refractivity contribution in [2.75, 3.05) is 4.31 Å². The zero-order chi connectivity index (χ0) is 16.7. The van der Waals surface area contributed by atoms with E-state index in [-0.39, 0.29) is 40.4 Å². The lowest BCUT2D eigenvalue weighted by Gasteiger charge is -2.24. The lowest BCUT2D eigenvalue weighted by Crippen LogP contribution is -2.44. The van der Waals surface area contributed by atoms with E-state index < -0.39 is 20.9 Å². The van der Waals surface area contributed by atoms with Gasteiger partial charge in [0, 0.05) is 25.2 Å². The van der Waals surface area contributed by atoms with Gasteiger partial charge < -0.3 is 14.5 Å². The van der Waals surface area contributed by atoms with Gasteiger partial charge in [-0.25, -0.2) is 13.2 Å². The summed E-state index contributed by atoms with van der Waals surface area (Å²) in [5, 5.41) is 9.34. The van der Waals surface area contributed by atoms with Crippen molar-refractivity contribution >= 4 is 28.1 Å². The number of carbonyl (C=O) groups excluding carboxylic acids is 1. The lowest BCUT2D eigenvalue weighted by molar-refractivity contribution is -0.108. The van der Waals surface area contributed by atoms with Crippen molar-refractivity contribution < 1.29 is 23.1 Å². The molecule has 2 rings (SSSR count). The smallest absolute Gasteiger partial charge is 0.425 e. The van der Waals surface area contributed by atoms with Crippen molar-refractivity contribution in [1.82, 2.24) is 4.57 Å². The standard InChI is InChI=1S/C13H16N2O6S/c1-9-7-10(8-14(2)11(9)17)15(12(18)19)22(20,21)13(3-4-13)5-6-16/h6-8H,3-5H2,1-2H3,(H,18,19). The second-order valence-electron chi connectivity index (χ2n) is 5.40. The fourth-order valence-electron chi connectivity index (χ4n) is 2.37. The Labute approximate surface area is 127 Å². The number of aldehydes is 1. The summed E-state index contributed by atoms with van der Waals surface area (Å²) in [4.78, 5) is 33.9. The highest BCUT2D eigenvalue weighted by molar-refractivity contribution is 7.95. The van der Waals surface area contributed by atoms with Gasteiger partial charge in [-0.3, -0.25) is 4.79 Å². The molecule has 0 saturated heterocycles. The molecule has 1 N–H and O–H groups in total. The third kappa shape index (κ3) is 2.41. The highest BCUT2D eigenvalue weighted by atomic mass is 32.2. The van der Waals surface area contributed by atoms with Gasteiger partial charge in [0.05, 0.1) is 10.4 Å². The Morgan fingerprint density at radius 3 is 2.50 bits per heavy atom. The van der Waals surface area contributed by atoms with Gasteiger partial charge in [0.2, 0.25) is 0 Å². The van der Waals surface area contributed by atoms with E-state index >= 15 is 0 Å². The Morgan fingerprint density at radius 1 is 1.50 bits per heavy atom. The van der Waals surface area contributed by atoms with Crippen molar-refractivity contribution in [2.24, 2.45) is 7.05 Å². The predicted molar refractivity (Wildman–Crippen MR) is 78.5 cm³/mol. The van der Waals surface area contributed by atoms with Gasteiger partial charge >= 0.3 is 6.09 Å². The first-order chi connectivity index (χ1) is 10.2. The zero-order valence-electron chi connectivity index (χ0n) is 12.1. The molecule has 0 aliphatic heterocycles. The molecule has 0 spiro atoms. The van der Waals surface area contributed by atoms with Gasteiger partial charge in [0.15, 0.2) is 0 Å². The SMILES string of the molecule is Cc1cc(N(C(=O)O)S(=O)(=O)C2(CC=O)CC2)cn(C)c1=O. The number of hydrogen-bond acceptors (Lipinski definition) is 5. The lowest BCUT2D eigenvalue weighted by atomic mass is 10.3. The molecular formula is C13H16N2O6S. The summed E-state index contributed by atoms with van der Waals surface area (Å²) < 4.78 is 25.3. The first-order valence-corrected chi connectivity index (χ1v) is 7.99. The Morgan fingerprint density at radius 2 is 2.09 bits per heavy atom. The van der Waals surface area contributed by atoms with Gasteiger partial charge in [0.25, 0.3) is 15.6 Å². The first-order valence-electron chi connectivity index (χ1n) is 6.55. The van der Waals surface area contributed by atoms with E-state index in [1.807, 2.05) is 0 Å². The van der Waals surface area contributed by atoms with Crippen molar-refractivity contribution in [2.45, 2.75) is 30.9 Å². The summed E-state index contributed by atoms with van der Waals surface area (Å²) in [6.45, 7) is 1.47. The molecule has 0 aromatic carbocycles. The van der Waals surface area contributed by atoms with Gasteiger partial charge in [-0.2, -0.15) is 4.31 Å². The number of aryl methyl sites for hydroxylation is 2. The molecule has 1 aliphatic rings. The first kappa shape index (κ1) is 16.2. The molecule has 8 nitrogen and oxygen atoms in total. The van der Waals surface area contributed by atoms with E-state index in [4.69, 9.17) is 0 Å². The second kappa shape index (κ2) is 5.24. The van der Waals surface area contributed by atoms with Crippen LogP contribution in [0.4, 0.5) is 10.5 Å². The molecule has 22 heavy (non-hydrogen) atoms. The highest BCUT2D eigenvalue weighted by Gasteiger charge is 2.58. The molecule has 1 fully saturated rings. The number of aromatic nitrogens is 1. The molecule has 0 bridgehead atoms. The monoisotopic (exact) mass is 328 g/mol. The van der Waals surface area contributed by atoms with Crippen LogP contribution in [0.25, 0.3) is 0 Å². The number of carbonyl (C=O) groups is 2. The normalized spacial score (nSPS) is 16.1. The molecule has 1 amide bonds. The van der Waals surface area contributed by atoms with E-state index in [9.17, 15) is 27.9 Å². The Balaban J connectivity index is 2.60. The summed E-state index contributed by atoms with van der Waals surface area (Å²) in [7, 11) is -2.86. The predicted octanol–water partition coefficient (Wildman–Crippen LogP) is 0.630. The molecule has 0 unspecified atom stereocenters. The van der Waals surface area contributed by atoms with Crippen LogP contribution in [0.3, 0.4) is 0 Å². The molecule has 1 aromatic heterocycles. The maximum atomic E-state index is 12.7. The van der Waals surface area contributed by atoms with Crippen molar-refractivity contribution in [1.29, 1.82) is 0 Å². The molecular weight excluding hydrogens is 312 g/mol. The van der Waals surface area contributed by atoms with E-state index in [1.54, 1.807) is 0 Å². The van der Waals surface area contributed by atoms with Crippen molar-refractivity contribution in [3.8, 4) is 0 Å². The molecule has 1 aromatic rings. The Hall–Kier alpha value is -2.16. The van der Waals surface area contributed by atoms with Crippen LogP contribution < -0.4 is 9.86 Å². The summed E-state index contributed by atoms with van der Waals surface area (Å²) in [6.07, 6.45) is 0.194. The largest absolute Gasteiger partial charge is 0.464 e. The number of sulfonamides is 1. The van der Waals surface area contributed by atoms with Crippen LogP contribution in [0.5, 0.6) is 0 Å². The minimum absolute atomic E-state index is 0.135. The summed E-state index contributed by atoms with van der Waals surface area (Å²) in [5.74, 6) is 0. The molecule has 120 valence electrons. The van der Waals surface area contributed by atoms with Gasteiger partial charge in [-0.1, -0.05) is 0 Å². The van der Waals surface area contributed by atoms with E-state index in [0.717, 1.165) is 10.8 Å². The summed E-state index contributed by atoms with van der Waals surface area (Å²) >= 11 is 0. The van der Waals surface area contributed by atoms with E-state index in [1.165, 1.54) is 20.0 Å². The maximum Gasteiger partial charge on any atom is 0.425 e. The Kier molecular flexibility index (Phi) is 3.86. The third-order valence-electron chi connectivity index (χ3n) is 3.81. The van der Waals surface area contributed by atoms with Crippen molar-refractivity contribution in [3.63, 3.8) is 0 Å². The van der Waals surface area contributed by atoms with Crippen LogP contribution in [0.1, 0.15) is 24.8 Å². The summed E-state index contributed by atoms with van der Waals surface area (Å²) in [6, 6.07) is 1.21. The fourth-order valence-corrected chi connectivity index (χ4v) is 4.24. The number of hydrogen-bond donors (Lipinski definition) is 1. The van der Waals surface area contributed by atoms with Crippen LogP contribution in [0.2, 0.25) is 0 Å². The Bertz CT molecular complexity index is 765. The molecule has 0 atom stereocenters. The van der Waals surface area contributed by atoms with E-state index in [0.29, 0.717) is 6.29 Å². The second-order valence-corrected chi connectivity index (χ2v) is 7.58. The van der Waals surface area contributed by atoms with Gasteiger partial charge in [-0.05, 0) is 25.8 Å². The molecule has 9 heteroatoms. The zero-order valence-corrected chi connectivity index (χ0v) is 13.0. The van der Waals surface area contributed by atoms with Crippen LogP contribution >= 0.6 is 0 Å². The van der Waals surface area contributed by atoms with E-state index in [2.05, 4.69) is 0 Å².